The SMILES string of the molecule is CC#CCc1nn(C(C)(C)C)c(=O)n1Cc1ccc(-c2ccccc2-c2nn[nH]n2)cc1. The monoisotopic (exact) mass is 427 g/mol. The molecule has 4 aromatic rings. The molecule has 0 aliphatic heterocycles. The first-order valence-electron chi connectivity index (χ1n) is 10.4. The van der Waals surface area contributed by atoms with Crippen molar-refractivity contribution in [3.05, 3.63) is 70.4 Å². The average Bonchev–Trinajstić information content (AvgIpc) is 3.42. The summed E-state index contributed by atoms with van der Waals surface area (Å²) < 4.78 is 3.24. The van der Waals surface area contributed by atoms with Gasteiger partial charge in [-0.3, -0.25) is 4.57 Å². The van der Waals surface area contributed by atoms with E-state index in [1.807, 2.05) is 69.3 Å². The Balaban J connectivity index is 1.67. The summed E-state index contributed by atoms with van der Waals surface area (Å²) in [6, 6.07) is 16.1. The van der Waals surface area contributed by atoms with Gasteiger partial charge in [0.25, 0.3) is 0 Å². The minimum Gasteiger partial charge on any atom is -0.274 e. The molecule has 0 spiro atoms. The minimum atomic E-state index is -0.403. The molecule has 8 heteroatoms. The highest BCUT2D eigenvalue weighted by atomic mass is 16.2. The van der Waals surface area contributed by atoms with Crippen LogP contribution in [0.1, 0.15) is 39.1 Å². The first-order chi connectivity index (χ1) is 15.4. The number of rotatable bonds is 5. The lowest BCUT2D eigenvalue weighted by atomic mass is 9.98. The Kier molecular flexibility index (Phi) is 5.73. The molecule has 4 rings (SSSR count). The van der Waals surface area contributed by atoms with Gasteiger partial charge in [-0.05, 0) is 49.6 Å². The van der Waals surface area contributed by atoms with Crippen LogP contribution < -0.4 is 5.69 Å². The van der Waals surface area contributed by atoms with Crippen LogP contribution in [0.15, 0.2) is 53.3 Å². The number of H-pyrrole nitrogens is 1. The molecule has 32 heavy (non-hydrogen) atoms. The summed E-state index contributed by atoms with van der Waals surface area (Å²) in [5, 5.41) is 18.9. The molecule has 8 nitrogen and oxygen atoms in total. The Morgan fingerprint density at radius 2 is 1.75 bits per heavy atom. The first kappa shape index (κ1) is 21.2. The zero-order valence-electron chi connectivity index (χ0n) is 18.6. The topological polar surface area (TPSA) is 94.3 Å². The van der Waals surface area contributed by atoms with Gasteiger partial charge >= 0.3 is 5.69 Å². The summed E-state index contributed by atoms with van der Waals surface area (Å²) in [6.45, 7) is 8.13. The van der Waals surface area contributed by atoms with Crippen molar-refractivity contribution in [3.8, 4) is 34.4 Å². The lowest BCUT2D eigenvalue weighted by Gasteiger charge is -2.16. The van der Waals surface area contributed by atoms with Gasteiger partial charge in [0, 0.05) is 5.56 Å². The van der Waals surface area contributed by atoms with E-state index in [-0.39, 0.29) is 5.69 Å². The van der Waals surface area contributed by atoms with Crippen molar-refractivity contribution >= 4 is 0 Å². The van der Waals surface area contributed by atoms with Gasteiger partial charge in [0.05, 0.1) is 18.5 Å². The van der Waals surface area contributed by atoms with E-state index in [4.69, 9.17) is 0 Å². The molecule has 0 amide bonds. The van der Waals surface area contributed by atoms with Crippen LogP contribution >= 0.6 is 0 Å². The zero-order chi connectivity index (χ0) is 22.7. The number of hydrogen-bond donors (Lipinski definition) is 1. The standard InChI is InChI=1S/C24H25N7O/c1-5-6-11-21-27-31(24(2,3)4)23(32)30(21)16-17-12-14-18(15-13-17)19-9-7-8-10-20(19)22-25-28-29-26-22/h7-10,12-15H,11,16H2,1-4H3,(H,25,26,28,29). The second-order valence-corrected chi connectivity index (χ2v) is 8.45. The van der Waals surface area contributed by atoms with Gasteiger partial charge in [-0.25, -0.2) is 9.48 Å². The molecule has 0 bridgehead atoms. The Hall–Kier alpha value is -3.99. The quantitative estimate of drug-likeness (QED) is 0.494. The minimum absolute atomic E-state index is 0.128. The van der Waals surface area contributed by atoms with Crippen molar-refractivity contribution in [2.24, 2.45) is 0 Å². The summed E-state index contributed by atoms with van der Waals surface area (Å²) in [6.07, 6.45) is 0.435. The molecule has 0 saturated carbocycles. The van der Waals surface area contributed by atoms with Gasteiger partial charge in [0.2, 0.25) is 5.82 Å². The fraction of sp³-hybridized carbons (Fsp3) is 0.292. The van der Waals surface area contributed by atoms with Gasteiger partial charge in [-0.15, -0.1) is 16.1 Å². The number of hydrogen-bond acceptors (Lipinski definition) is 5. The molecule has 2 heterocycles. The van der Waals surface area contributed by atoms with Crippen molar-refractivity contribution in [2.45, 2.75) is 46.2 Å². The lowest BCUT2D eigenvalue weighted by Crippen LogP contribution is -2.36. The van der Waals surface area contributed by atoms with Crippen LogP contribution in [0.2, 0.25) is 0 Å². The van der Waals surface area contributed by atoms with Crippen LogP contribution in [-0.2, 0) is 18.5 Å². The molecule has 0 atom stereocenters. The van der Waals surface area contributed by atoms with E-state index in [0.29, 0.717) is 24.6 Å². The summed E-state index contributed by atoms with van der Waals surface area (Å²) >= 11 is 0. The smallest absolute Gasteiger partial charge is 0.274 e. The number of aromatic nitrogens is 7. The van der Waals surface area contributed by atoms with Crippen LogP contribution in [0.4, 0.5) is 0 Å². The highest BCUT2D eigenvalue weighted by Crippen LogP contribution is 2.29. The third-order valence-corrected chi connectivity index (χ3v) is 5.12. The van der Waals surface area contributed by atoms with E-state index < -0.39 is 5.54 Å². The van der Waals surface area contributed by atoms with Crippen LogP contribution in [0.3, 0.4) is 0 Å². The van der Waals surface area contributed by atoms with Crippen molar-refractivity contribution in [1.82, 2.24) is 35.0 Å². The lowest BCUT2D eigenvalue weighted by molar-refractivity contribution is 0.340. The molecule has 0 aliphatic carbocycles. The molecule has 162 valence electrons. The summed E-state index contributed by atoms with van der Waals surface area (Å²) in [4.78, 5) is 13.1. The number of aromatic amines is 1. The van der Waals surface area contributed by atoms with Crippen molar-refractivity contribution in [1.29, 1.82) is 0 Å². The molecule has 2 aromatic heterocycles. The Labute approximate surface area is 186 Å². The number of benzene rings is 2. The third kappa shape index (κ3) is 4.23. The van der Waals surface area contributed by atoms with Gasteiger partial charge in [0.1, 0.15) is 5.82 Å². The summed E-state index contributed by atoms with van der Waals surface area (Å²) in [5.41, 5.74) is 3.42. The zero-order valence-corrected chi connectivity index (χ0v) is 18.6. The molecule has 0 fully saturated rings. The predicted octanol–water partition coefficient (Wildman–Crippen LogP) is 3.26. The van der Waals surface area contributed by atoms with Crippen LogP contribution in [-0.4, -0.2) is 35.0 Å². The van der Waals surface area contributed by atoms with E-state index in [0.717, 1.165) is 22.3 Å². The molecule has 2 aromatic carbocycles. The number of nitrogens with one attached hydrogen (secondary N) is 1. The molecule has 1 N–H and O–H groups in total. The number of nitrogens with zero attached hydrogens (tertiary/aromatic N) is 6. The predicted molar refractivity (Wildman–Crippen MR) is 123 cm³/mol. The maximum atomic E-state index is 13.1. The normalized spacial score (nSPS) is 11.2. The van der Waals surface area contributed by atoms with E-state index in [9.17, 15) is 4.79 Å². The molecular formula is C24H25N7O. The Morgan fingerprint density at radius 3 is 2.38 bits per heavy atom. The fourth-order valence-corrected chi connectivity index (χ4v) is 3.51. The van der Waals surface area contributed by atoms with Gasteiger partial charge in [-0.2, -0.15) is 10.3 Å². The van der Waals surface area contributed by atoms with Crippen LogP contribution in [0, 0.1) is 11.8 Å². The van der Waals surface area contributed by atoms with Crippen LogP contribution in [0.25, 0.3) is 22.5 Å². The van der Waals surface area contributed by atoms with Crippen molar-refractivity contribution < 1.29 is 0 Å². The second kappa shape index (κ2) is 8.63. The van der Waals surface area contributed by atoms with Gasteiger partial charge in [0.15, 0.2) is 0 Å². The highest BCUT2D eigenvalue weighted by molar-refractivity contribution is 5.80. The molecule has 0 saturated heterocycles. The third-order valence-electron chi connectivity index (χ3n) is 5.12. The van der Waals surface area contributed by atoms with Crippen molar-refractivity contribution in [3.63, 3.8) is 0 Å². The largest absolute Gasteiger partial charge is 0.346 e. The van der Waals surface area contributed by atoms with Gasteiger partial charge < -0.3 is 0 Å². The van der Waals surface area contributed by atoms with E-state index in [1.54, 1.807) is 11.5 Å². The van der Waals surface area contributed by atoms with E-state index >= 15 is 0 Å². The molecule has 0 unspecified atom stereocenters. The summed E-state index contributed by atoms with van der Waals surface area (Å²) in [5.74, 6) is 7.13. The molecular weight excluding hydrogens is 402 g/mol. The number of tetrazole rings is 1. The highest BCUT2D eigenvalue weighted by Gasteiger charge is 2.22. The van der Waals surface area contributed by atoms with Crippen LogP contribution in [0.5, 0.6) is 0 Å². The van der Waals surface area contributed by atoms with Gasteiger partial charge in [-0.1, -0.05) is 54.5 Å². The van der Waals surface area contributed by atoms with Crippen molar-refractivity contribution in [2.75, 3.05) is 0 Å². The van der Waals surface area contributed by atoms with E-state index in [1.165, 1.54) is 4.68 Å². The Morgan fingerprint density at radius 1 is 1.03 bits per heavy atom. The molecule has 0 radical (unpaired) electrons. The second-order valence-electron chi connectivity index (χ2n) is 8.45. The maximum absolute atomic E-state index is 13.1. The summed E-state index contributed by atoms with van der Waals surface area (Å²) in [7, 11) is 0. The Bertz CT molecular complexity index is 1330. The molecule has 0 aliphatic rings. The maximum Gasteiger partial charge on any atom is 0.346 e. The average molecular weight is 428 g/mol. The fourth-order valence-electron chi connectivity index (χ4n) is 3.51. The first-order valence-corrected chi connectivity index (χ1v) is 10.4. The van der Waals surface area contributed by atoms with E-state index in [2.05, 4.69) is 37.6 Å².